The number of carbonyl (C=O) groups is 2. The number of aromatic nitrogens is 2. The van der Waals surface area contributed by atoms with E-state index < -0.39 is 6.03 Å². The molecular formula is C23H17Cl2N5O3. The number of hydrogen-bond acceptors (Lipinski definition) is 5. The van der Waals surface area contributed by atoms with Crippen LogP contribution in [0.4, 0.5) is 16.3 Å². The second kappa shape index (κ2) is 9.72. The van der Waals surface area contributed by atoms with Gasteiger partial charge in [-0.3, -0.25) is 15.1 Å². The molecule has 2 aromatic heterocycles. The number of nitrogens with one attached hydrogen (secondary N) is 3. The molecule has 0 aliphatic heterocycles. The van der Waals surface area contributed by atoms with Crippen molar-refractivity contribution in [3.63, 3.8) is 0 Å². The summed E-state index contributed by atoms with van der Waals surface area (Å²) in [4.78, 5) is 32.6. The molecule has 0 atom stereocenters. The normalized spacial score (nSPS) is 10.5. The topological polar surface area (TPSA) is 105 Å². The fourth-order valence-electron chi connectivity index (χ4n) is 2.99. The van der Waals surface area contributed by atoms with Crippen molar-refractivity contribution < 1.29 is 14.3 Å². The number of hydrogen-bond donors (Lipinski definition) is 3. The Balaban J connectivity index is 1.51. The summed E-state index contributed by atoms with van der Waals surface area (Å²) in [6, 6.07) is 16.3. The molecule has 0 aliphatic carbocycles. The van der Waals surface area contributed by atoms with Crippen molar-refractivity contribution >= 4 is 57.5 Å². The molecule has 0 bridgehead atoms. The van der Waals surface area contributed by atoms with Gasteiger partial charge in [0, 0.05) is 30.4 Å². The average Bonchev–Trinajstić information content (AvgIpc) is 2.81. The lowest BCUT2D eigenvalue weighted by Crippen LogP contribution is -2.20. The molecule has 0 spiro atoms. The smallest absolute Gasteiger partial charge is 0.324 e. The van der Waals surface area contributed by atoms with Crippen LogP contribution in [0.5, 0.6) is 11.5 Å². The molecule has 2 aromatic carbocycles. The first-order chi connectivity index (χ1) is 15.9. The third-order valence-electron chi connectivity index (χ3n) is 4.53. The van der Waals surface area contributed by atoms with E-state index >= 15 is 0 Å². The monoisotopic (exact) mass is 481 g/mol. The summed E-state index contributed by atoms with van der Waals surface area (Å²) in [5, 5.41) is 9.34. The largest absolute Gasteiger partial charge is 0.457 e. The molecule has 0 unspecified atom stereocenters. The molecular weight excluding hydrogens is 465 g/mol. The summed E-state index contributed by atoms with van der Waals surface area (Å²) in [5.74, 6) is 1.04. The highest BCUT2D eigenvalue weighted by molar-refractivity contribution is 6.42. The Labute approximate surface area is 198 Å². The van der Waals surface area contributed by atoms with Gasteiger partial charge in [-0.25, -0.2) is 9.78 Å². The number of rotatable bonds is 5. The maximum atomic E-state index is 12.3. The first-order valence-electron chi connectivity index (χ1n) is 9.72. The molecule has 2 heterocycles. The Hall–Kier alpha value is -3.88. The summed E-state index contributed by atoms with van der Waals surface area (Å²) in [5.41, 5.74) is 1.35. The van der Waals surface area contributed by atoms with Crippen molar-refractivity contribution in [2.45, 2.75) is 0 Å². The number of carbonyl (C=O) groups excluding carboxylic acids is 2. The lowest BCUT2D eigenvalue weighted by atomic mass is 10.2. The standard InChI is InChI=1S/C23H17Cl2N5O3/c1-26-22(31)19-12-14(9-10-27-19)33-20-4-2-3-18-15(20)6-8-21(29-18)30-23(32)28-13-5-7-16(24)17(25)11-13/h2-12H,1H3,(H,26,31)(H2,28,29,30,32). The fourth-order valence-corrected chi connectivity index (χ4v) is 3.29. The Morgan fingerprint density at radius 2 is 1.79 bits per heavy atom. The van der Waals surface area contributed by atoms with Crippen LogP contribution in [0.3, 0.4) is 0 Å². The lowest BCUT2D eigenvalue weighted by Gasteiger charge is -2.11. The van der Waals surface area contributed by atoms with Crippen molar-refractivity contribution in [3.05, 3.63) is 82.6 Å². The summed E-state index contributed by atoms with van der Waals surface area (Å²) in [7, 11) is 1.53. The molecule has 4 aromatic rings. The predicted octanol–water partition coefficient (Wildman–Crippen LogP) is 5.73. The number of halogens is 2. The Bertz CT molecular complexity index is 1360. The van der Waals surface area contributed by atoms with Crippen molar-refractivity contribution in [3.8, 4) is 11.5 Å². The second-order valence-electron chi connectivity index (χ2n) is 6.79. The minimum absolute atomic E-state index is 0.243. The number of amides is 3. The van der Waals surface area contributed by atoms with Gasteiger partial charge in [-0.15, -0.1) is 0 Å². The molecule has 10 heteroatoms. The van der Waals surface area contributed by atoms with E-state index in [0.29, 0.717) is 38.6 Å². The third kappa shape index (κ3) is 5.31. The van der Waals surface area contributed by atoms with Crippen LogP contribution in [0.1, 0.15) is 10.5 Å². The molecule has 4 rings (SSSR count). The predicted molar refractivity (Wildman–Crippen MR) is 129 cm³/mol. The van der Waals surface area contributed by atoms with Crippen molar-refractivity contribution in [1.82, 2.24) is 15.3 Å². The van der Waals surface area contributed by atoms with E-state index in [4.69, 9.17) is 27.9 Å². The Morgan fingerprint density at radius 1 is 0.939 bits per heavy atom. The molecule has 8 nitrogen and oxygen atoms in total. The van der Waals surface area contributed by atoms with Crippen molar-refractivity contribution in [2.75, 3.05) is 17.7 Å². The third-order valence-corrected chi connectivity index (χ3v) is 5.27. The van der Waals surface area contributed by atoms with Gasteiger partial charge in [-0.1, -0.05) is 29.3 Å². The molecule has 0 saturated carbocycles. The summed E-state index contributed by atoms with van der Waals surface area (Å²) >= 11 is 11.9. The van der Waals surface area contributed by atoms with E-state index in [9.17, 15) is 9.59 Å². The average molecular weight is 482 g/mol. The van der Waals surface area contributed by atoms with Gasteiger partial charge in [0.15, 0.2) is 0 Å². The second-order valence-corrected chi connectivity index (χ2v) is 7.60. The van der Waals surface area contributed by atoms with Gasteiger partial charge in [-0.05, 0) is 48.5 Å². The number of urea groups is 1. The molecule has 3 N–H and O–H groups in total. The van der Waals surface area contributed by atoms with Crippen molar-refractivity contribution in [1.29, 1.82) is 0 Å². The SMILES string of the molecule is CNC(=O)c1cc(Oc2cccc3nc(NC(=O)Nc4ccc(Cl)c(Cl)c4)ccc23)ccn1. The number of benzene rings is 2. The number of anilines is 2. The van der Waals surface area contributed by atoms with Gasteiger partial charge in [-0.2, -0.15) is 0 Å². The molecule has 33 heavy (non-hydrogen) atoms. The summed E-state index contributed by atoms with van der Waals surface area (Å²) in [6.45, 7) is 0. The quantitative estimate of drug-likeness (QED) is 0.337. The van der Waals surface area contributed by atoms with Gasteiger partial charge in [0.1, 0.15) is 23.0 Å². The summed E-state index contributed by atoms with van der Waals surface area (Å²) < 4.78 is 5.96. The van der Waals surface area contributed by atoms with E-state index in [0.717, 1.165) is 5.39 Å². The van der Waals surface area contributed by atoms with Gasteiger partial charge in [0.25, 0.3) is 5.91 Å². The minimum atomic E-state index is -0.480. The van der Waals surface area contributed by atoms with Crippen LogP contribution in [-0.4, -0.2) is 29.0 Å². The highest BCUT2D eigenvalue weighted by Crippen LogP contribution is 2.30. The van der Waals surface area contributed by atoms with E-state index in [1.807, 2.05) is 0 Å². The van der Waals surface area contributed by atoms with Crippen LogP contribution in [-0.2, 0) is 0 Å². The molecule has 0 aliphatic rings. The highest BCUT2D eigenvalue weighted by Gasteiger charge is 2.11. The lowest BCUT2D eigenvalue weighted by molar-refractivity contribution is 0.0958. The zero-order chi connectivity index (χ0) is 23.4. The van der Waals surface area contributed by atoms with E-state index in [1.54, 1.807) is 60.7 Å². The van der Waals surface area contributed by atoms with Crippen LogP contribution in [0, 0.1) is 0 Å². The van der Waals surface area contributed by atoms with E-state index in [-0.39, 0.29) is 11.6 Å². The first-order valence-corrected chi connectivity index (χ1v) is 10.5. The van der Waals surface area contributed by atoms with Gasteiger partial charge >= 0.3 is 6.03 Å². The Kier molecular flexibility index (Phi) is 6.58. The number of nitrogens with zero attached hydrogens (tertiary/aromatic N) is 2. The fraction of sp³-hybridized carbons (Fsp3) is 0.0435. The highest BCUT2D eigenvalue weighted by atomic mass is 35.5. The van der Waals surface area contributed by atoms with Crippen LogP contribution in [0.2, 0.25) is 10.0 Å². The van der Waals surface area contributed by atoms with Crippen LogP contribution < -0.4 is 20.7 Å². The molecule has 0 saturated heterocycles. The molecule has 166 valence electrons. The van der Waals surface area contributed by atoms with E-state index in [2.05, 4.69) is 25.9 Å². The van der Waals surface area contributed by atoms with Crippen LogP contribution in [0.25, 0.3) is 10.9 Å². The molecule has 0 radical (unpaired) electrons. The van der Waals surface area contributed by atoms with Crippen LogP contribution in [0.15, 0.2) is 66.9 Å². The zero-order valence-electron chi connectivity index (χ0n) is 17.2. The number of ether oxygens (including phenoxy) is 1. The van der Waals surface area contributed by atoms with Gasteiger partial charge in [0.05, 0.1) is 15.6 Å². The van der Waals surface area contributed by atoms with Crippen LogP contribution >= 0.6 is 23.2 Å². The maximum absolute atomic E-state index is 12.3. The summed E-state index contributed by atoms with van der Waals surface area (Å²) in [6.07, 6.45) is 1.50. The maximum Gasteiger partial charge on any atom is 0.324 e. The Morgan fingerprint density at radius 3 is 2.58 bits per heavy atom. The minimum Gasteiger partial charge on any atom is -0.457 e. The molecule has 0 fully saturated rings. The van der Waals surface area contributed by atoms with Crippen molar-refractivity contribution in [2.24, 2.45) is 0 Å². The first kappa shape index (κ1) is 22.3. The van der Waals surface area contributed by atoms with E-state index in [1.165, 1.54) is 13.2 Å². The number of pyridine rings is 2. The van der Waals surface area contributed by atoms with Gasteiger partial charge in [0.2, 0.25) is 0 Å². The molecule has 3 amide bonds. The number of fused-ring (bicyclic) bond motifs is 1. The van der Waals surface area contributed by atoms with Gasteiger partial charge < -0.3 is 15.4 Å². The zero-order valence-corrected chi connectivity index (χ0v) is 18.7.